The lowest BCUT2D eigenvalue weighted by Gasteiger charge is -2.10. The van der Waals surface area contributed by atoms with Crippen LogP contribution in [0.2, 0.25) is 0 Å². The van der Waals surface area contributed by atoms with Gasteiger partial charge in [0.05, 0.1) is 13.2 Å². The number of hydrogen-bond donors (Lipinski definition) is 3. The van der Waals surface area contributed by atoms with E-state index in [-0.39, 0.29) is 5.75 Å². The minimum atomic E-state index is -0.896. The number of esters is 1. The van der Waals surface area contributed by atoms with Gasteiger partial charge in [-0.15, -0.1) is 0 Å². The zero-order valence-corrected chi connectivity index (χ0v) is 9.11. The van der Waals surface area contributed by atoms with E-state index in [1.807, 2.05) is 0 Å². The normalized spacial score (nSPS) is 11.0. The number of phenols is 1. The zero-order chi connectivity index (χ0) is 12.7. The van der Waals surface area contributed by atoms with Crippen LogP contribution in [0.4, 0.5) is 0 Å². The van der Waals surface area contributed by atoms with E-state index >= 15 is 0 Å². The number of carbonyl (C=O) groups excluding carboxylic acids is 1. The molecule has 0 heterocycles. The molecule has 0 radical (unpaired) electrons. The summed E-state index contributed by atoms with van der Waals surface area (Å²) in [7, 11) is 0. The topological polar surface area (TPSA) is 87.0 Å². The Balaban J connectivity index is 2.53. The van der Waals surface area contributed by atoms with Crippen LogP contribution in [0, 0.1) is 0 Å². The average Bonchev–Trinajstić information content (AvgIpc) is 2.35. The summed E-state index contributed by atoms with van der Waals surface area (Å²) in [6.45, 7) is -0.843. The van der Waals surface area contributed by atoms with E-state index in [0.29, 0.717) is 0 Å². The van der Waals surface area contributed by atoms with Gasteiger partial charge in [-0.1, -0.05) is 12.1 Å². The first-order valence-electron chi connectivity index (χ1n) is 5.05. The number of ether oxygens (including phenoxy) is 1. The first kappa shape index (κ1) is 13.2. The number of carbonyl (C=O) groups is 1. The molecule has 0 aromatic heterocycles. The highest BCUT2D eigenvalue weighted by Gasteiger charge is 2.09. The molecule has 0 aliphatic heterocycles. The molecule has 1 aromatic carbocycles. The molecule has 0 fully saturated rings. The highest BCUT2D eigenvalue weighted by atomic mass is 16.6. The predicted molar refractivity (Wildman–Crippen MR) is 61.2 cm³/mol. The summed E-state index contributed by atoms with van der Waals surface area (Å²) in [5, 5.41) is 26.4. The molecule has 0 atom stereocenters. The van der Waals surface area contributed by atoms with Crippen molar-refractivity contribution in [1.82, 2.24) is 0 Å². The predicted octanol–water partition coefficient (Wildman–Crippen LogP) is 0.302. The molecule has 1 rings (SSSR count). The minimum absolute atomic E-state index is 0.144. The second-order valence-electron chi connectivity index (χ2n) is 3.35. The third kappa shape index (κ3) is 4.67. The van der Waals surface area contributed by atoms with Crippen LogP contribution in [0.25, 0.3) is 6.08 Å². The molecule has 3 N–H and O–H groups in total. The van der Waals surface area contributed by atoms with Crippen LogP contribution in [-0.4, -0.2) is 40.6 Å². The van der Waals surface area contributed by atoms with Crippen LogP contribution in [0.3, 0.4) is 0 Å². The van der Waals surface area contributed by atoms with Gasteiger partial charge in [-0.2, -0.15) is 0 Å². The Bertz CT molecular complexity index is 378. The molecule has 0 bridgehead atoms. The van der Waals surface area contributed by atoms with E-state index in [0.717, 1.165) is 5.56 Å². The number of aliphatic hydroxyl groups excluding tert-OH is 2. The molecule has 92 valence electrons. The van der Waals surface area contributed by atoms with Crippen LogP contribution in [-0.2, 0) is 9.53 Å². The summed E-state index contributed by atoms with van der Waals surface area (Å²) in [6.07, 6.45) is 1.80. The van der Waals surface area contributed by atoms with Crippen molar-refractivity contribution < 1.29 is 24.9 Å². The standard InChI is InChI=1S/C12H14O5/c13-7-11(8-14)17-12(16)6-3-9-1-4-10(15)5-2-9/h1-6,11,13-15H,7-8H2/b6-3+. The van der Waals surface area contributed by atoms with Gasteiger partial charge >= 0.3 is 5.97 Å². The smallest absolute Gasteiger partial charge is 0.331 e. The largest absolute Gasteiger partial charge is 0.508 e. The van der Waals surface area contributed by atoms with Gasteiger partial charge in [0.1, 0.15) is 11.9 Å². The van der Waals surface area contributed by atoms with Gasteiger partial charge in [-0.3, -0.25) is 0 Å². The van der Waals surface area contributed by atoms with Gasteiger partial charge in [0.2, 0.25) is 0 Å². The molecule has 0 amide bonds. The fourth-order valence-electron chi connectivity index (χ4n) is 1.09. The molecule has 0 aliphatic carbocycles. The first-order chi connectivity index (χ1) is 8.15. The van der Waals surface area contributed by atoms with Gasteiger partial charge in [-0.25, -0.2) is 4.79 Å². The van der Waals surface area contributed by atoms with Crippen molar-refractivity contribution in [2.24, 2.45) is 0 Å². The molecule has 0 saturated heterocycles. The van der Waals surface area contributed by atoms with E-state index in [1.54, 1.807) is 12.1 Å². The lowest BCUT2D eigenvalue weighted by Crippen LogP contribution is -2.24. The molecule has 0 aliphatic rings. The lowest BCUT2D eigenvalue weighted by molar-refractivity contribution is -0.147. The molecule has 0 saturated carbocycles. The summed E-state index contributed by atoms with van der Waals surface area (Å²) in [4.78, 5) is 11.2. The van der Waals surface area contributed by atoms with E-state index in [4.69, 9.17) is 20.1 Å². The summed E-state index contributed by atoms with van der Waals surface area (Å²) in [5.74, 6) is -0.503. The maximum Gasteiger partial charge on any atom is 0.331 e. The maximum absolute atomic E-state index is 11.2. The number of benzene rings is 1. The second-order valence-corrected chi connectivity index (χ2v) is 3.35. The second kappa shape index (κ2) is 6.67. The number of aliphatic hydroxyl groups is 2. The Morgan fingerprint density at radius 3 is 2.35 bits per heavy atom. The first-order valence-corrected chi connectivity index (χ1v) is 5.05. The third-order valence-corrected chi connectivity index (χ3v) is 2.00. The molecular weight excluding hydrogens is 224 g/mol. The van der Waals surface area contributed by atoms with Crippen molar-refractivity contribution in [2.45, 2.75) is 6.10 Å². The van der Waals surface area contributed by atoms with Gasteiger partial charge in [0, 0.05) is 6.08 Å². The molecular formula is C12H14O5. The van der Waals surface area contributed by atoms with Gasteiger partial charge in [0.25, 0.3) is 0 Å². The molecule has 1 aromatic rings. The Morgan fingerprint density at radius 2 is 1.82 bits per heavy atom. The van der Waals surface area contributed by atoms with Gasteiger partial charge in [0.15, 0.2) is 0 Å². The van der Waals surface area contributed by atoms with E-state index in [1.165, 1.54) is 24.3 Å². The number of hydrogen-bond acceptors (Lipinski definition) is 5. The lowest BCUT2D eigenvalue weighted by atomic mass is 10.2. The highest BCUT2D eigenvalue weighted by Crippen LogP contribution is 2.10. The summed E-state index contributed by atoms with van der Waals surface area (Å²) >= 11 is 0. The maximum atomic E-state index is 11.2. The monoisotopic (exact) mass is 238 g/mol. The van der Waals surface area contributed by atoms with Crippen molar-refractivity contribution in [1.29, 1.82) is 0 Å². The van der Waals surface area contributed by atoms with Gasteiger partial charge in [-0.05, 0) is 23.8 Å². The Kier molecular flexibility index (Phi) is 5.19. The van der Waals surface area contributed by atoms with Crippen molar-refractivity contribution in [3.63, 3.8) is 0 Å². The van der Waals surface area contributed by atoms with E-state index < -0.39 is 25.3 Å². The Labute approximate surface area is 98.6 Å². The van der Waals surface area contributed by atoms with Crippen LogP contribution in [0.15, 0.2) is 30.3 Å². The average molecular weight is 238 g/mol. The molecule has 5 nitrogen and oxygen atoms in total. The summed E-state index contributed by atoms with van der Waals surface area (Å²) < 4.78 is 4.72. The molecule has 0 spiro atoms. The SMILES string of the molecule is O=C(/C=C/c1ccc(O)cc1)OC(CO)CO. The highest BCUT2D eigenvalue weighted by molar-refractivity contribution is 5.87. The van der Waals surface area contributed by atoms with Crippen LogP contribution < -0.4 is 0 Å². The minimum Gasteiger partial charge on any atom is -0.508 e. The van der Waals surface area contributed by atoms with Crippen LogP contribution in [0.5, 0.6) is 5.75 Å². The van der Waals surface area contributed by atoms with E-state index in [2.05, 4.69) is 0 Å². The molecule has 17 heavy (non-hydrogen) atoms. The fraction of sp³-hybridized carbons (Fsp3) is 0.250. The van der Waals surface area contributed by atoms with E-state index in [9.17, 15) is 4.79 Å². The third-order valence-electron chi connectivity index (χ3n) is 2.00. The van der Waals surface area contributed by atoms with Crippen molar-refractivity contribution in [3.8, 4) is 5.75 Å². The number of phenolic OH excluding ortho intramolecular Hbond substituents is 1. The fourth-order valence-corrected chi connectivity index (χ4v) is 1.09. The van der Waals surface area contributed by atoms with Crippen LogP contribution >= 0.6 is 0 Å². The summed E-state index contributed by atoms with van der Waals surface area (Å²) in [6, 6.07) is 6.26. The van der Waals surface area contributed by atoms with Crippen molar-refractivity contribution in [3.05, 3.63) is 35.9 Å². The number of aromatic hydroxyl groups is 1. The Hall–Kier alpha value is -1.85. The van der Waals surface area contributed by atoms with Crippen molar-refractivity contribution >= 4 is 12.0 Å². The zero-order valence-electron chi connectivity index (χ0n) is 9.11. The molecule has 0 unspecified atom stereocenters. The Morgan fingerprint density at radius 1 is 1.24 bits per heavy atom. The summed E-state index contributed by atoms with van der Waals surface area (Å²) in [5.41, 5.74) is 0.726. The molecule has 5 heteroatoms. The van der Waals surface area contributed by atoms with Crippen LogP contribution in [0.1, 0.15) is 5.56 Å². The van der Waals surface area contributed by atoms with Crippen molar-refractivity contribution in [2.75, 3.05) is 13.2 Å². The number of rotatable bonds is 5. The quantitative estimate of drug-likeness (QED) is 0.507. The van der Waals surface area contributed by atoms with Gasteiger partial charge < -0.3 is 20.1 Å².